The second-order valence-electron chi connectivity index (χ2n) is 5.59. The highest BCUT2D eigenvalue weighted by molar-refractivity contribution is 5.91. The lowest BCUT2D eigenvalue weighted by Gasteiger charge is -2.12. The van der Waals surface area contributed by atoms with Gasteiger partial charge in [0.25, 0.3) is 0 Å². The number of fused-ring (bicyclic) bond motifs is 1. The molecular formula is C18H20N2O4. The summed E-state index contributed by atoms with van der Waals surface area (Å²) in [4.78, 5) is 11.8. The maximum absolute atomic E-state index is 11.8. The molecule has 0 saturated carbocycles. The second kappa shape index (κ2) is 7.23. The maximum atomic E-state index is 11.8. The first-order valence-corrected chi connectivity index (χ1v) is 7.78. The van der Waals surface area contributed by atoms with E-state index in [9.17, 15) is 9.90 Å². The van der Waals surface area contributed by atoms with E-state index < -0.39 is 6.10 Å². The molecule has 0 spiro atoms. The Kier molecular flexibility index (Phi) is 4.86. The predicted octanol–water partition coefficient (Wildman–Crippen LogP) is 2.01. The lowest BCUT2D eigenvalue weighted by molar-refractivity contribution is -0.116. The number of nitrogens with one attached hydrogen (secondary N) is 1. The molecule has 1 aromatic carbocycles. The van der Waals surface area contributed by atoms with E-state index in [-0.39, 0.29) is 12.7 Å². The standard InChI is InChI=1S/C18H20N2O4/c1-20-10-2-3-14(20)15(21)8-9-19-18(22)7-5-13-4-6-16-17(11-13)24-12-23-16/h2-7,10-11,15,21H,8-9,12H2,1H3,(H,19,22)/b7-5+/t15-/m1/s1. The lowest BCUT2D eigenvalue weighted by atomic mass is 10.2. The number of amides is 1. The number of carbonyl (C=O) groups excluding carboxylic acids is 1. The van der Waals surface area contributed by atoms with Gasteiger partial charge >= 0.3 is 0 Å². The molecule has 2 N–H and O–H groups in total. The van der Waals surface area contributed by atoms with Crippen LogP contribution in [0.15, 0.2) is 42.6 Å². The Bertz CT molecular complexity index is 751. The van der Waals surface area contributed by atoms with Crippen LogP contribution in [0.3, 0.4) is 0 Å². The zero-order valence-electron chi connectivity index (χ0n) is 13.4. The van der Waals surface area contributed by atoms with Gasteiger partial charge in [-0.3, -0.25) is 4.79 Å². The van der Waals surface area contributed by atoms with Gasteiger partial charge in [0, 0.05) is 31.6 Å². The van der Waals surface area contributed by atoms with Gasteiger partial charge in [0.2, 0.25) is 12.7 Å². The molecule has 3 rings (SSSR count). The smallest absolute Gasteiger partial charge is 0.244 e. The van der Waals surface area contributed by atoms with Gasteiger partial charge < -0.3 is 24.5 Å². The molecule has 0 aliphatic carbocycles. The van der Waals surface area contributed by atoms with Crippen LogP contribution in [-0.4, -0.2) is 28.9 Å². The Labute approximate surface area is 140 Å². The van der Waals surface area contributed by atoms with Gasteiger partial charge in [-0.05, 0) is 42.3 Å². The zero-order valence-corrected chi connectivity index (χ0v) is 13.4. The summed E-state index contributed by atoms with van der Waals surface area (Å²) in [5, 5.41) is 12.9. The summed E-state index contributed by atoms with van der Waals surface area (Å²) in [6, 6.07) is 9.25. The highest BCUT2D eigenvalue weighted by atomic mass is 16.7. The monoisotopic (exact) mass is 328 g/mol. The molecule has 2 aromatic rings. The Morgan fingerprint density at radius 1 is 1.38 bits per heavy atom. The molecule has 1 aromatic heterocycles. The number of carbonyl (C=O) groups is 1. The van der Waals surface area contributed by atoms with Crippen LogP contribution in [-0.2, 0) is 11.8 Å². The third-order valence-electron chi connectivity index (χ3n) is 3.87. The van der Waals surface area contributed by atoms with Crippen LogP contribution in [0.5, 0.6) is 11.5 Å². The van der Waals surface area contributed by atoms with Gasteiger partial charge in [-0.25, -0.2) is 0 Å². The molecule has 2 heterocycles. The van der Waals surface area contributed by atoms with Crippen molar-refractivity contribution in [3.05, 3.63) is 53.9 Å². The van der Waals surface area contributed by atoms with E-state index in [2.05, 4.69) is 5.32 Å². The third kappa shape index (κ3) is 3.78. The van der Waals surface area contributed by atoms with Crippen molar-refractivity contribution < 1.29 is 19.4 Å². The minimum Gasteiger partial charge on any atom is -0.454 e. The van der Waals surface area contributed by atoms with Crippen molar-refractivity contribution in [1.29, 1.82) is 0 Å². The summed E-state index contributed by atoms with van der Waals surface area (Å²) in [6.07, 6.45) is 4.92. The number of aromatic nitrogens is 1. The van der Waals surface area contributed by atoms with Crippen LogP contribution in [0.2, 0.25) is 0 Å². The normalized spacial score (nSPS) is 14.1. The van der Waals surface area contributed by atoms with Crippen molar-refractivity contribution in [2.45, 2.75) is 12.5 Å². The predicted molar refractivity (Wildman–Crippen MR) is 89.6 cm³/mol. The number of nitrogens with zero attached hydrogens (tertiary/aromatic N) is 1. The van der Waals surface area contributed by atoms with E-state index in [1.54, 1.807) is 6.08 Å². The number of aliphatic hydroxyl groups excluding tert-OH is 1. The molecular weight excluding hydrogens is 308 g/mol. The van der Waals surface area contributed by atoms with Crippen LogP contribution in [0, 0.1) is 0 Å². The fraction of sp³-hybridized carbons (Fsp3) is 0.278. The molecule has 1 atom stereocenters. The quantitative estimate of drug-likeness (QED) is 0.796. The number of rotatable bonds is 6. The molecule has 6 nitrogen and oxygen atoms in total. The number of ether oxygens (including phenoxy) is 2. The first-order valence-electron chi connectivity index (χ1n) is 7.78. The summed E-state index contributed by atoms with van der Waals surface area (Å²) in [5.74, 6) is 1.20. The van der Waals surface area contributed by atoms with Crippen LogP contribution in [0.1, 0.15) is 23.8 Å². The van der Waals surface area contributed by atoms with Crippen LogP contribution < -0.4 is 14.8 Å². The van der Waals surface area contributed by atoms with Gasteiger partial charge in [0.05, 0.1) is 6.10 Å². The number of aliphatic hydroxyl groups is 1. The molecule has 0 fully saturated rings. The minimum absolute atomic E-state index is 0.202. The summed E-state index contributed by atoms with van der Waals surface area (Å²) >= 11 is 0. The Morgan fingerprint density at radius 2 is 2.21 bits per heavy atom. The summed E-state index contributed by atoms with van der Waals surface area (Å²) in [7, 11) is 1.88. The topological polar surface area (TPSA) is 72.7 Å². The van der Waals surface area contributed by atoms with E-state index >= 15 is 0 Å². The van der Waals surface area contributed by atoms with Gasteiger partial charge in [-0.15, -0.1) is 0 Å². The van der Waals surface area contributed by atoms with E-state index in [0.29, 0.717) is 24.5 Å². The average Bonchev–Trinajstić information content (AvgIpc) is 3.20. The molecule has 0 radical (unpaired) electrons. The molecule has 24 heavy (non-hydrogen) atoms. The fourth-order valence-corrected chi connectivity index (χ4v) is 2.55. The Balaban J connectivity index is 1.46. The van der Waals surface area contributed by atoms with Crippen molar-refractivity contribution in [2.75, 3.05) is 13.3 Å². The SMILES string of the molecule is Cn1cccc1[C@H](O)CCNC(=O)/C=C/c1ccc2c(c1)OCO2. The summed E-state index contributed by atoms with van der Waals surface area (Å²) in [5.41, 5.74) is 1.69. The summed E-state index contributed by atoms with van der Waals surface area (Å²) < 4.78 is 12.4. The van der Waals surface area contributed by atoms with E-state index in [4.69, 9.17) is 9.47 Å². The largest absolute Gasteiger partial charge is 0.454 e. The van der Waals surface area contributed by atoms with E-state index in [1.807, 2.05) is 48.1 Å². The highest BCUT2D eigenvalue weighted by Crippen LogP contribution is 2.32. The number of hydrogen-bond donors (Lipinski definition) is 2. The van der Waals surface area contributed by atoms with Crippen LogP contribution >= 0.6 is 0 Å². The molecule has 0 bridgehead atoms. The van der Waals surface area contributed by atoms with Crippen molar-refractivity contribution in [1.82, 2.24) is 9.88 Å². The van der Waals surface area contributed by atoms with Crippen molar-refractivity contribution >= 4 is 12.0 Å². The first kappa shape index (κ1) is 16.1. The Hall–Kier alpha value is -2.73. The minimum atomic E-state index is -0.594. The van der Waals surface area contributed by atoms with Gasteiger partial charge in [0.1, 0.15) is 0 Å². The average molecular weight is 328 g/mol. The van der Waals surface area contributed by atoms with Gasteiger partial charge in [-0.2, -0.15) is 0 Å². The third-order valence-corrected chi connectivity index (χ3v) is 3.87. The zero-order chi connectivity index (χ0) is 16.9. The molecule has 0 unspecified atom stereocenters. The van der Waals surface area contributed by atoms with Crippen LogP contribution in [0.25, 0.3) is 6.08 Å². The molecule has 0 saturated heterocycles. The molecule has 6 heteroatoms. The van der Waals surface area contributed by atoms with Crippen LogP contribution in [0.4, 0.5) is 0 Å². The van der Waals surface area contributed by atoms with E-state index in [1.165, 1.54) is 6.08 Å². The molecule has 1 amide bonds. The highest BCUT2D eigenvalue weighted by Gasteiger charge is 2.12. The van der Waals surface area contributed by atoms with Crippen molar-refractivity contribution in [3.8, 4) is 11.5 Å². The van der Waals surface area contributed by atoms with E-state index in [0.717, 1.165) is 11.3 Å². The van der Waals surface area contributed by atoms with Gasteiger partial charge in [0.15, 0.2) is 11.5 Å². The second-order valence-corrected chi connectivity index (χ2v) is 5.59. The number of benzene rings is 1. The van der Waals surface area contributed by atoms with Crippen molar-refractivity contribution in [3.63, 3.8) is 0 Å². The van der Waals surface area contributed by atoms with Crippen molar-refractivity contribution in [2.24, 2.45) is 7.05 Å². The number of hydrogen-bond acceptors (Lipinski definition) is 4. The number of aryl methyl sites for hydroxylation is 1. The molecule has 1 aliphatic heterocycles. The maximum Gasteiger partial charge on any atom is 0.244 e. The fourth-order valence-electron chi connectivity index (χ4n) is 2.55. The first-order chi connectivity index (χ1) is 11.6. The summed E-state index contributed by atoms with van der Waals surface area (Å²) in [6.45, 7) is 0.628. The lowest BCUT2D eigenvalue weighted by Crippen LogP contribution is -2.23. The molecule has 1 aliphatic rings. The van der Waals surface area contributed by atoms with Gasteiger partial charge in [-0.1, -0.05) is 6.07 Å². The molecule has 126 valence electrons. The Morgan fingerprint density at radius 3 is 3.00 bits per heavy atom.